The molecule has 0 aliphatic rings. The van der Waals surface area contributed by atoms with Crippen LogP contribution in [-0.2, 0) is 11.2 Å². The molecule has 0 unspecified atom stereocenters. The molecule has 162 valence electrons. The van der Waals surface area contributed by atoms with Crippen molar-refractivity contribution in [2.45, 2.75) is 19.8 Å². The summed E-state index contributed by atoms with van der Waals surface area (Å²) >= 11 is 1.18. The molecular formula is C23H24N2O5S. The van der Waals surface area contributed by atoms with Crippen LogP contribution in [0.3, 0.4) is 0 Å². The van der Waals surface area contributed by atoms with Crippen molar-refractivity contribution < 1.29 is 23.8 Å². The van der Waals surface area contributed by atoms with Crippen LogP contribution >= 0.6 is 11.3 Å². The number of ketones is 1. The third kappa shape index (κ3) is 5.21. The molecule has 0 radical (unpaired) electrons. The van der Waals surface area contributed by atoms with Gasteiger partial charge in [0.25, 0.3) is 0 Å². The zero-order valence-electron chi connectivity index (χ0n) is 17.9. The number of hydrogen-bond acceptors (Lipinski definition) is 7. The van der Waals surface area contributed by atoms with Gasteiger partial charge >= 0.3 is 0 Å². The Kier molecular flexibility index (Phi) is 7.25. The highest BCUT2D eigenvalue weighted by Crippen LogP contribution is 2.38. The molecule has 1 N–H and O–H groups in total. The van der Waals surface area contributed by atoms with E-state index in [2.05, 4.69) is 10.3 Å². The van der Waals surface area contributed by atoms with Crippen LogP contribution in [-0.4, -0.2) is 38.0 Å². The van der Waals surface area contributed by atoms with Gasteiger partial charge in [-0.25, -0.2) is 4.98 Å². The molecule has 0 aliphatic carbocycles. The average Bonchev–Trinajstić information content (AvgIpc) is 3.21. The minimum Gasteiger partial charge on any atom is -0.493 e. The maximum absolute atomic E-state index is 12.5. The van der Waals surface area contributed by atoms with Crippen LogP contribution in [0.1, 0.15) is 28.6 Å². The van der Waals surface area contributed by atoms with Gasteiger partial charge in [-0.2, -0.15) is 0 Å². The Morgan fingerprint density at radius 2 is 1.65 bits per heavy atom. The molecule has 0 saturated carbocycles. The van der Waals surface area contributed by atoms with Gasteiger partial charge in [0.1, 0.15) is 0 Å². The van der Waals surface area contributed by atoms with Crippen LogP contribution in [0.5, 0.6) is 17.2 Å². The fourth-order valence-corrected chi connectivity index (χ4v) is 4.02. The second-order valence-electron chi connectivity index (χ2n) is 6.70. The van der Waals surface area contributed by atoms with E-state index in [1.165, 1.54) is 18.3 Å². The summed E-state index contributed by atoms with van der Waals surface area (Å²) in [5.41, 5.74) is 2.29. The number of carbonyl (C=O) groups is 2. The maximum Gasteiger partial charge on any atom is 0.226 e. The number of thiazole rings is 1. The second kappa shape index (κ2) is 10.1. The third-order valence-electron chi connectivity index (χ3n) is 4.61. The lowest BCUT2D eigenvalue weighted by Gasteiger charge is -2.14. The predicted molar refractivity (Wildman–Crippen MR) is 121 cm³/mol. The monoisotopic (exact) mass is 440 g/mol. The van der Waals surface area contributed by atoms with Gasteiger partial charge in [0.15, 0.2) is 22.4 Å². The largest absolute Gasteiger partial charge is 0.493 e. The Bertz CT molecular complexity index is 1050. The van der Waals surface area contributed by atoms with E-state index in [4.69, 9.17) is 14.2 Å². The average molecular weight is 441 g/mol. The number of nitrogens with zero attached hydrogens (tertiary/aromatic N) is 1. The number of anilines is 1. The van der Waals surface area contributed by atoms with Gasteiger partial charge in [-0.05, 0) is 24.1 Å². The summed E-state index contributed by atoms with van der Waals surface area (Å²) in [4.78, 5) is 29.6. The van der Waals surface area contributed by atoms with Crippen molar-refractivity contribution in [3.63, 3.8) is 0 Å². The molecule has 1 heterocycles. The lowest BCUT2D eigenvalue weighted by atomic mass is 10.1. The van der Waals surface area contributed by atoms with Gasteiger partial charge in [-0.3, -0.25) is 9.59 Å². The molecule has 3 aromatic rings. The van der Waals surface area contributed by atoms with E-state index in [1.807, 2.05) is 42.5 Å². The van der Waals surface area contributed by atoms with E-state index in [9.17, 15) is 9.59 Å². The van der Waals surface area contributed by atoms with Crippen LogP contribution < -0.4 is 19.5 Å². The number of nitrogens with one attached hydrogen (secondary N) is 1. The Morgan fingerprint density at radius 1 is 1.00 bits per heavy atom. The van der Waals surface area contributed by atoms with Crippen molar-refractivity contribution in [2.24, 2.45) is 0 Å². The van der Waals surface area contributed by atoms with E-state index < -0.39 is 0 Å². The van der Waals surface area contributed by atoms with Crippen molar-refractivity contribution in [2.75, 3.05) is 26.6 Å². The minimum absolute atomic E-state index is 0.0886. The van der Waals surface area contributed by atoms with E-state index >= 15 is 0 Å². The summed E-state index contributed by atoms with van der Waals surface area (Å²) in [5.74, 6) is 1.30. The first kappa shape index (κ1) is 22.3. The molecule has 7 nitrogen and oxygen atoms in total. The molecule has 2 aromatic carbocycles. The zero-order valence-corrected chi connectivity index (χ0v) is 18.7. The fourth-order valence-electron chi connectivity index (χ4n) is 3.12. The summed E-state index contributed by atoms with van der Waals surface area (Å²) in [6.07, 6.45) is 0.702. The van der Waals surface area contributed by atoms with Crippen LogP contribution in [0, 0.1) is 0 Å². The highest BCUT2D eigenvalue weighted by molar-refractivity contribution is 7.18. The molecule has 3 rings (SSSR count). The first-order valence-corrected chi connectivity index (χ1v) is 10.4. The molecule has 8 heteroatoms. The van der Waals surface area contributed by atoms with Crippen LogP contribution in [0.2, 0.25) is 0 Å². The van der Waals surface area contributed by atoms with Crippen molar-refractivity contribution in [1.82, 2.24) is 4.98 Å². The van der Waals surface area contributed by atoms with Gasteiger partial charge in [-0.15, -0.1) is 0 Å². The van der Waals surface area contributed by atoms with Gasteiger partial charge in [-0.1, -0.05) is 41.7 Å². The van der Waals surface area contributed by atoms with Gasteiger partial charge in [0, 0.05) is 18.9 Å². The van der Waals surface area contributed by atoms with Crippen LogP contribution in [0.4, 0.5) is 5.13 Å². The summed E-state index contributed by atoms with van der Waals surface area (Å²) < 4.78 is 16.0. The number of methoxy groups -OCH3 is 3. The third-order valence-corrected chi connectivity index (χ3v) is 5.68. The molecule has 1 amide bonds. The van der Waals surface area contributed by atoms with Crippen molar-refractivity contribution in [3.05, 3.63) is 52.9 Å². The number of hydrogen-bond donors (Lipinski definition) is 1. The maximum atomic E-state index is 12.5. The SMILES string of the molecule is COc1cc(CCC(=O)Nc2nc(-c3ccccc3)c(C(C)=O)s2)cc(OC)c1OC. The van der Waals surface area contributed by atoms with Crippen molar-refractivity contribution in [1.29, 1.82) is 0 Å². The standard InChI is InChI=1S/C23H24N2O5S/c1-14(26)22-20(16-8-6-5-7-9-16)25-23(31-22)24-19(27)11-10-15-12-17(28-2)21(30-4)18(13-15)29-3/h5-9,12-13H,10-11H2,1-4H3,(H,24,25,27). The van der Waals surface area contributed by atoms with Crippen LogP contribution in [0.25, 0.3) is 11.3 Å². The molecular weight excluding hydrogens is 416 g/mol. The minimum atomic E-state index is -0.197. The highest BCUT2D eigenvalue weighted by Gasteiger charge is 2.18. The topological polar surface area (TPSA) is 86.8 Å². The lowest BCUT2D eigenvalue weighted by molar-refractivity contribution is -0.116. The van der Waals surface area contributed by atoms with Crippen LogP contribution in [0.15, 0.2) is 42.5 Å². The Labute approximate surface area is 185 Å². The smallest absolute Gasteiger partial charge is 0.226 e. The molecule has 31 heavy (non-hydrogen) atoms. The zero-order chi connectivity index (χ0) is 22.4. The van der Waals surface area contributed by atoms with Gasteiger partial charge in [0.2, 0.25) is 11.7 Å². The molecule has 0 spiro atoms. The van der Waals surface area contributed by atoms with Crippen molar-refractivity contribution >= 4 is 28.2 Å². The molecule has 0 atom stereocenters. The van der Waals surface area contributed by atoms with E-state index in [0.717, 1.165) is 11.1 Å². The Balaban J connectivity index is 1.73. The summed E-state index contributed by atoms with van der Waals surface area (Å²) in [6, 6.07) is 13.1. The summed E-state index contributed by atoms with van der Waals surface area (Å²) in [7, 11) is 4.64. The number of carbonyl (C=O) groups excluding carboxylic acids is 2. The van der Waals surface area contributed by atoms with E-state index in [0.29, 0.717) is 39.4 Å². The van der Waals surface area contributed by atoms with Crippen molar-refractivity contribution in [3.8, 4) is 28.5 Å². The van der Waals surface area contributed by atoms with E-state index in [1.54, 1.807) is 21.3 Å². The number of amides is 1. The Morgan fingerprint density at radius 3 is 2.19 bits per heavy atom. The highest BCUT2D eigenvalue weighted by atomic mass is 32.1. The normalized spacial score (nSPS) is 10.5. The Hall–Kier alpha value is -3.39. The first-order chi connectivity index (χ1) is 15.0. The molecule has 0 bridgehead atoms. The number of benzene rings is 2. The molecule has 0 aliphatic heterocycles. The summed E-state index contributed by atoms with van der Waals surface area (Å²) in [6.45, 7) is 1.50. The quantitative estimate of drug-likeness (QED) is 0.489. The predicted octanol–water partition coefficient (Wildman–Crippen LogP) is 4.61. The number of rotatable bonds is 9. The molecule has 0 fully saturated rings. The second-order valence-corrected chi connectivity index (χ2v) is 7.70. The molecule has 0 saturated heterocycles. The van der Waals surface area contributed by atoms with Gasteiger partial charge in [0.05, 0.1) is 31.9 Å². The summed E-state index contributed by atoms with van der Waals surface area (Å²) in [5, 5.41) is 3.21. The lowest BCUT2D eigenvalue weighted by Crippen LogP contribution is -2.12. The number of aryl methyl sites for hydroxylation is 1. The number of ether oxygens (including phenoxy) is 3. The fraction of sp³-hybridized carbons (Fsp3) is 0.261. The van der Waals surface area contributed by atoms with E-state index in [-0.39, 0.29) is 18.1 Å². The number of aromatic nitrogens is 1. The van der Waals surface area contributed by atoms with Gasteiger partial charge < -0.3 is 19.5 Å². The number of Topliss-reactive ketones (excluding diaryl/α,β-unsaturated/α-hetero) is 1. The molecule has 1 aromatic heterocycles. The first-order valence-electron chi connectivity index (χ1n) is 9.62.